The molecule has 2 aromatic heterocycles. The lowest BCUT2D eigenvalue weighted by Crippen LogP contribution is -2.34. The Morgan fingerprint density at radius 2 is 2.15 bits per heavy atom. The van der Waals surface area contributed by atoms with Crippen molar-refractivity contribution in [2.75, 3.05) is 0 Å². The van der Waals surface area contributed by atoms with Gasteiger partial charge in [-0.25, -0.2) is 4.98 Å². The average molecular weight is 291 g/mol. The van der Waals surface area contributed by atoms with Crippen LogP contribution in [0.1, 0.15) is 50.4 Å². The van der Waals surface area contributed by atoms with Gasteiger partial charge in [0, 0.05) is 29.9 Å². The number of nitrogens with zero attached hydrogens (tertiary/aromatic N) is 2. The summed E-state index contributed by atoms with van der Waals surface area (Å²) in [4.78, 5) is 4.67. The van der Waals surface area contributed by atoms with Crippen LogP contribution in [0.5, 0.6) is 0 Å². The van der Waals surface area contributed by atoms with Crippen LogP contribution in [-0.4, -0.2) is 15.1 Å². The molecule has 0 saturated heterocycles. The third-order valence-electron chi connectivity index (χ3n) is 3.04. The largest absolute Gasteiger partial charge is 0.348 e. The van der Waals surface area contributed by atoms with Crippen molar-refractivity contribution >= 4 is 11.3 Å². The summed E-state index contributed by atoms with van der Waals surface area (Å²) in [7, 11) is 0. The summed E-state index contributed by atoms with van der Waals surface area (Å²) < 4.78 is 2.21. The summed E-state index contributed by atoms with van der Waals surface area (Å²) in [5.74, 6) is 0. The van der Waals surface area contributed by atoms with E-state index >= 15 is 0 Å². The summed E-state index contributed by atoms with van der Waals surface area (Å²) >= 11 is 1.78. The summed E-state index contributed by atoms with van der Waals surface area (Å²) in [6, 6.07) is 2.18. The van der Waals surface area contributed by atoms with Gasteiger partial charge in [0.05, 0.1) is 17.2 Å². The van der Waals surface area contributed by atoms with Gasteiger partial charge in [0.2, 0.25) is 0 Å². The molecule has 110 valence electrons. The fourth-order valence-electron chi connectivity index (χ4n) is 2.00. The number of aryl methyl sites for hydroxylation is 1. The van der Waals surface area contributed by atoms with Crippen molar-refractivity contribution < 1.29 is 0 Å². The van der Waals surface area contributed by atoms with E-state index in [-0.39, 0.29) is 5.54 Å². The van der Waals surface area contributed by atoms with Gasteiger partial charge in [-0.15, -0.1) is 11.3 Å². The van der Waals surface area contributed by atoms with E-state index < -0.39 is 0 Å². The molecule has 0 atom stereocenters. The Hall–Kier alpha value is -1.13. The van der Waals surface area contributed by atoms with Crippen molar-refractivity contribution in [3.05, 3.63) is 40.1 Å². The van der Waals surface area contributed by atoms with Crippen LogP contribution in [0.15, 0.2) is 23.8 Å². The SMILES string of the molecule is CCCc1nc(Cn2ccc(CNC(C)(C)C)c2)cs1. The Labute approximate surface area is 126 Å². The van der Waals surface area contributed by atoms with Crippen LogP contribution >= 0.6 is 11.3 Å². The van der Waals surface area contributed by atoms with Crippen molar-refractivity contribution in [1.82, 2.24) is 14.9 Å². The lowest BCUT2D eigenvalue weighted by Gasteiger charge is -2.19. The van der Waals surface area contributed by atoms with E-state index in [1.807, 2.05) is 0 Å². The Morgan fingerprint density at radius 3 is 2.85 bits per heavy atom. The fraction of sp³-hybridized carbons (Fsp3) is 0.562. The fourth-order valence-corrected chi connectivity index (χ4v) is 2.89. The molecule has 0 unspecified atom stereocenters. The predicted molar refractivity (Wildman–Crippen MR) is 86.2 cm³/mol. The molecule has 4 heteroatoms. The zero-order chi connectivity index (χ0) is 14.6. The molecule has 0 spiro atoms. The molecular formula is C16H25N3S. The first-order chi connectivity index (χ1) is 9.46. The number of aromatic nitrogens is 2. The van der Waals surface area contributed by atoms with Gasteiger partial charge in [0.1, 0.15) is 0 Å². The highest BCUT2D eigenvalue weighted by molar-refractivity contribution is 7.09. The van der Waals surface area contributed by atoms with Gasteiger partial charge in [-0.1, -0.05) is 6.92 Å². The second kappa shape index (κ2) is 6.55. The minimum Gasteiger partial charge on any atom is -0.348 e. The first-order valence-electron chi connectivity index (χ1n) is 7.29. The van der Waals surface area contributed by atoms with Crippen molar-refractivity contribution in [3.63, 3.8) is 0 Å². The zero-order valence-corrected chi connectivity index (χ0v) is 13.8. The molecule has 0 aromatic carbocycles. The molecule has 0 saturated carbocycles. The molecule has 0 bridgehead atoms. The van der Waals surface area contributed by atoms with Crippen LogP contribution < -0.4 is 5.32 Å². The highest BCUT2D eigenvalue weighted by Crippen LogP contribution is 2.14. The normalized spacial score (nSPS) is 12.0. The van der Waals surface area contributed by atoms with Gasteiger partial charge in [-0.2, -0.15) is 0 Å². The highest BCUT2D eigenvalue weighted by Gasteiger charge is 2.09. The van der Waals surface area contributed by atoms with E-state index in [0.29, 0.717) is 0 Å². The molecular weight excluding hydrogens is 266 g/mol. The first-order valence-corrected chi connectivity index (χ1v) is 8.17. The Kier molecular flexibility index (Phi) is 5.00. The lowest BCUT2D eigenvalue weighted by atomic mass is 10.1. The van der Waals surface area contributed by atoms with Crippen LogP contribution in [0.2, 0.25) is 0 Å². The second-order valence-electron chi connectivity index (χ2n) is 6.28. The van der Waals surface area contributed by atoms with Crippen molar-refractivity contribution in [2.24, 2.45) is 0 Å². The van der Waals surface area contributed by atoms with Crippen LogP contribution in [0.25, 0.3) is 0 Å². The monoisotopic (exact) mass is 291 g/mol. The van der Waals surface area contributed by atoms with Gasteiger partial charge in [0.25, 0.3) is 0 Å². The number of thiazole rings is 1. The molecule has 1 N–H and O–H groups in total. The topological polar surface area (TPSA) is 29.9 Å². The molecule has 0 aliphatic heterocycles. The minimum atomic E-state index is 0.159. The first kappa shape index (κ1) is 15.3. The van der Waals surface area contributed by atoms with E-state index in [9.17, 15) is 0 Å². The summed E-state index contributed by atoms with van der Waals surface area (Å²) in [6.07, 6.45) is 6.60. The maximum Gasteiger partial charge on any atom is 0.0928 e. The quantitative estimate of drug-likeness (QED) is 0.876. The molecule has 0 aliphatic rings. The second-order valence-corrected chi connectivity index (χ2v) is 7.22. The Balaban J connectivity index is 1.91. The third-order valence-corrected chi connectivity index (χ3v) is 4.00. The van der Waals surface area contributed by atoms with Crippen molar-refractivity contribution in [1.29, 1.82) is 0 Å². The molecule has 20 heavy (non-hydrogen) atoms. The number of nitrogens with one attached hydrogen (secondary N) is 1. The maximum absolute atomic E-state index is 4.67. The van der Waals surface area contributed by atoms with E-state index in [4.69, 9.17) is 0 Å². The number of hydrogen-bond acceptors (Lipinski definition) is 3. The van der Waals surface area contributed by atoms with Gasteiger partial charge < -0.3 is 9.88 Å². The van der Waals surface area contributed by atoms with Gasteiger partial charge in [-0.05, 0) is 45.2 Å². The lowest BCUT2D eigenvalue weighted by molar-refractivity contribution is 0.424. The molecule has 2 heterocycles. The molecule has 0 amide bonds. The number of rotatable bonds is 6. The molecule has 2 aromatic rings. The summed E-state index contributed by atoms with van der Waals surface area (Å²) in [5.41, 5.74) is 2.65. The zero-order valence-electron chi connectivity index (χ0n) is 12.9. The Bertz CT molecular complexity index is 534. The summed E-state index contributed by atoms with van der Waals surface area (Å²) in [6.45, 7) is 10.5. The predicted octanol–water partition coefficient (Wildman–Crippen LogP) is 3.83. The van der Waals surface area contributed by atoms with Gasteiger partial charge >= 0.3 is 0 Å². The third kappa shape index (κ3) is 4.76. The van der Waals surface area contributed by atoms with Gasteiger partial charge in [0.15, 0.2) is 0 Å². The van der Waals surface area contributed by atoms with Crippen LogP contribution in [0, 0.1) is 0 Å². The minimum absolute atomic E-state index is 0.159. The van der Waals surface area contributed by atoms with Crippen LogP contribution in [0.4, 0.5) is 0 Å². The molecule has 0 aliphatic carbocycles. The van der Waals surface area contributed by atoms with E-state index in [0.717, 1.165) is 19.5 Å². The van der Waals surface area contributed by atoms with Crippen molar-refractivity contribution in [3.8, 4) is 0 Å². The highest BCUT2D eigenvalue weighted by atomic mass is 32.1. The van der Waals surface area contributed by atoms with Crippen molar-refractivity contribution in [2.45, 2.75) is 59.2 Å². The van der Waals surface area contributed by atoms with E-state index in [1.54, 1.807) is 11.3 Å². The van der Waals surface area contributed by atoms with Gasteiger partial charge in [-0.3, -0.25) is 0 Å². The van der Waals surface area contributed by atoms with Crippen LogP contribution in [-0.2, 0) is 19.5 Å². The summed E-state index contributed by atoms with van der Waals surface area (Å²) in [5, 5.41) is 6.94. The standard InChI is InChI=1S/C16H25N3S/c1-5-6-15-18-14(12-20-15)11-19-8-7-13(10-19)9-17-16(2,3)4/h7-8,10,12,17H,5-6,9,11H2,1-4H3. The average Bonchev–Trinajstić information content (AvgIpc) is 2.97. The van der Waals surface area contributed by atoms with E-state index in [2.05, 4.69) is 66.4 Å². The smallest absolute Gasteiger partial charge is 0.0928 e. The molecule has 2 rings (SSSR count). The molecule has 0 radical (unpaired) electrons. The van der Waals surface area contributed by atoms with Crippen LogP contribution in [0.3, 0.4) is 0 Å². The number of hydrogen-bond donors (Lipinski definition) is 1. The Morgan fingerprint density at radius 1 is 1.35 bits per heavy atom. The van der Waals surface area contributed by atoms with E-state index in [1.165, 1.54) is 22.7 Å². The maximum atomic E-state index is 4.67. The molecule has 3 nitrogen and oxygen atoms in total. The molecule has 0 fully saturated rings.